The fourth-order valence-electron chi connectivity index (χ4n) is 0.742. The van der Waals surface area contributed by atoms with Gasteiger partial charge in [-0.15, -0.1) is 0 Å². The zero-order chi connectivity index (χ0) is 8.27. The van der Waals surface area contributed by atoms with Crippen molar-refractivity contribution in [1.29, 1.82) is 5.41 Å². The fourth-order valence-corrected chi connectivity index (χ4v) is 1.44. The van der Waals surface area contributed by atoms with Gasteiger partial charge < -0.3 is 0 Å². The Labute approximate surface area is 78.9 Å². The van der Waals surface area contributed by atoms with Crippen molar-refractivity contribution in [3.8, 4) is 0 Å². The molecule has 11 heavy (non-hydrogen) atoms. The topological polar surface area (TPSA) is 23.9 Å². The Bertz CT molecular complexity index is 255. The van der Waals surface area contributed by atoms with Crippen LogP contribution in [0.4, 0.5) is 0 Å². The van der Waals surface area contributed by atoms with Gasteiger partial charge in [-0.1, -0.05) is 0 Å². The fraction of sp³-hybridized carbons (Fsp3) is 0.125. The molecule has 0 aromatic heterocycles. The molecule has 1 aromatic carbocycles. The van der Waals surface area contributed by atoms with Gasteiger partial charge in [0.1, 0.15) is 0 Å². The molecule has 0 aliphatic rings. The molecule has 0 aliphatic carbocycles. The van der Waals surface area contributed by atoms with Gasteiger partial charge in [0.25, 0.3) is 0 Å². The summed E-state index contributed by atoms with van der Waals surface area (Å²) in [6.45, 7) is 0. The molecule has 0 unspecified atom stereocenters. The van der Waals surface area contributed by atoms with E-state index in [-0.39, 0.29) is 0 Å². The van der Waals surface area contributed by atoms with Crippen LogP contribution in [0.2, 0.25) is 0 Å². The summed E-state index contributed by atoms with van der Waals surface area (Å²) in [6, 6.07) is 7.94. The number of hydrogen-bond acceptors (Lipinski definition) is 2. The van der Waals surface area contributed by atoms with E-state index in [2.05, 4.69) is 16.0 Å². The summed E-state index contributed by atoms with van der Waals surface area (Å²) >= 11 is 4.38. The minimum absolute atomic E-state index is 0.498. The number of benzene rings is 1. The van der Waals surface area contributed by atoms with E-state index in [0.29, 0.717) is 4.61 Å². The molecule has 57 valence electrons. The van der Waals surface area contributed by atoms with Crippen LogP contribution in [0.1, 0.15) is 5.56 Å². The summed E-state index contributed by atoms with van der Waals surface area (Å²) in [5, 5.41) is 7.30. The van der Waals surface area contributed by atoms with Gasteiger partial charge in [-0.3, -0.25) is 0 Å². The van der Waals surface area contributed by atoms with Gasteiger partial charge in [0.05, 0.1) is 0 Å². The predicted molar refractivity (Wildman–Crippen MR) is 50.8 cm³/mol. The summed E-state index contributed by atoms with van der Waals surface area (Å²) in [4.78, 5) is 1.23. The van der Waals surface area contributed by atoms with Crippen molar-refractivity contribution in [2.45, 2.75) is 4.90 Å². The number of thioether (sulfide) groups is 1. The number of hydrogen-bond donors (Lipinski definition) is 1. The van der Waals surface area contributed by atoms with Crippen molar-refractivity contribution < 1.29 is 0 Å². The van der Waals surface area contributed by atoms with E-state index in [4.69, 9.17) is 5.41 Å². The molecule has 1 aromatic rings. The molecule has 0 saturated heterocycles. The van der Waals surface area contributed by atoms with Crippen LogP contribution in [0.25, 0.3) is 0 Å². The average Bonchev–Trinajstić information content (AvgIpc) is 2.05. The molecular formula is C8H8NSSe. The monoisotopic (exact) mass is 230 g/mol. The molecule has 1 N–H and O–H groups in total. The molecule has 1 rings (SSSR count). The second-order valence-electron chi connectivity index (χ2n) is 2.06. The van der Waals surface area contributed by atoms with Gasteiger partial charge in [0, 0.05) is 0 Å². The minimum atomic E-state index is 0.498. The maximum atomic E-state index is 7.30. The van der Waals surface area contributed by atoms with Gasteiger partial charge in [0.2, 0.25) is 0 Å². The number of rotatable bonds is 2. The Hall–Kier alpha value is -0.241. The van der Waals surface area contributed by atoms with Crippen LogP contribution in [0, 0.1) is 5.41 Å². The molecule has 0 atom stereocenters. The summed E-state index contributed by atoms with van der Waals surface area (Å²) in [5.74, 6) is 0. The normalized spacial score (nSPS) is 9.55. The zero-order valence-electron chi connectivity index (χ0n) is 6.13. The first kappa shape index (κ1) is 8.85. The summed E-state index contributed by atoms with van der Waals surface area (Å²) in [7, 11) is 0. The zero-order valence-corrected chi connectivity index (χ0v) is 8.66. The number of nitrogens with one attached hydrogen (secondary N) is 1. The second-order valence-corrected chi connectivity index (χ2v) is 3.79. The Morgan fingerprint density at radius 2 is 1.91 bits per heavy atom. The van der Waals surface area contributed by atoms with Crippen molar-refractivity contribution >= 4 is 32.4 Å². The van der Waals surface area contributed by atoms with Gasteiger partial charge in [0.15, 0.2) is 0 Å². The van der Waals surface area contributed by atoms with E-state index in [1.54, 1.807) is 11.8 Å². The van der Waals surface area contributed by atoms with E-state index in [1.807, 2.05) is 30.5 Å². The first-order valence-electron chi connectivity index (χ1n) is 3.14. The second kappa shape index (κ2) is 3.96. The van der Waals surface area contributed by atoms with E-state index in [0.717, 1.165) is 5.56 Å². The van der Waals surface area contributed by atoms with Crippen LogP contribution in [-0.4, -0.2) is 26.9 Å². The Kier molecular flexibility index (Phi) is 3.18. The van der Waals surface area contributed by atoms with E-state index in [1.165, 1.54) is 4.90 Å². The third-order valence-electron chi connectivity index (χ3n) is 1.35. The molecular weight excluding hydrogens is 221 g/mol. The Morgan fingerprint density at radius 3 is 2.27 bits per heavy atom. The van der Waals surface area contributed by atoms with Crippen LogP contribution < -0.4 is 0 Å². The molecule has 0 fully saturated rings. The molecule has 1 nitrogen and oxygen atoms in total. The molecule has 0 spiro atoms. The summed E-state index contributed by atoms with van der Waals surface area (Å²) in [5.41, 5.74) is 0.947. The van der Waals surface area contributed by atoms with Crippen molar-refractivity contribution in [2.24, 2.45) is 0 Å². The molecule has 0 saturated carbocycles. The Balaban J connectivity index is 2.91. The molecule has 0 heterocycles. The maximum absolute atomic E-state index is 7.30. The van der Waals surface area contributed by atoms with Gasteiger partial charge in [-0.2, -0.15) is 0 Å². The first-order valence-corrected chi connectivity index (χ1v) is 5.22. The van der Waals surface area contributed by atoms with Crippen LogP contribution in [0.15, 0.2) is 29.2 Å². The van der Waals surface area contributed by atoms with E-state index in [9.17, 15) is 0 Å². The first-order chi connectivity index (χ1) is 5.24. The van der Waals surface area contributed by atoms with Crippen LogP contribution in [0.3, 0.4) is 0 Å². The van der Waals surface area contributed by atoms with Crippen LogP contribution in [-0.2, 0) is 0 Å². The molecule has 0 amide bonds. The summed E-state index contributed by atoms with van der Waals surface area (Å²) < 4.78 is 0.498. The Morgan fingerprint density at radius 1 is 1.36 bits per heavy atom. The predicted octanol–water partition coefficient (Wildman–Crippen LogP) is 1.90. The van der Waals surface area contributed by atoms with E-state index < -0.39 is 0 Å². The van der Waals surface area contributed by atoms with Gasteiger partial charge in [-0.05, 0) is 0 Å². The third-order valence-corrected chi connectivity index (χ3v) is 2.59. The molecule has 1 radical (unpaired) electrons. The quantitative estimate of drug-likeness (QED) is 0.467. The van der Waals surface area contributed by atoms with Crippen LogP contribution in [0.5, 0.6) is 0 Å². The van der Waals surface area contributed by atoms with Crippen molar-refractivity contribution in [1.82, 2.24) is 0 Å². The van der Waals surface area contributed by atoms with Crippen molar-refractivity contribution in [3.63, 3.8) is 0 Å². The molecule has 3 heteroatoms. The van der Waals surface area contributed by atoms with E-state index >= 15 is 0 Å². The van der Waals surface area contributed by atoms with Crippen LogP contribution >= 0.6 is 11.8 Å². The summed E-state index contributed by atoms with van der Waals surface area (Å²) in [6.07, 6.45) is 2.04. The van der Waals surface area contributed by atoms with Gasteiger partial charge >= 0.3 is 78.8 Å². The SMILES string of the molecule is CSc1ccc(C(=N)[Se])cc1. The third kappa shape index (κ3) is 2.37. The van der Waals surface area contributed by atoms with Crippen molar-refractivity contribution in [3.05, 3.63) is 29.8 Å². The van der Waals surface area contributed by atoms with Gasteiger partial charge in [-0.25, -0.2) is 0 Å². The molecule has 0 aliphatic heterocycles. The van der Waals surface area contributed by atoms with Crippen molar-refractivity contribution in [2.75, 3.05) is 6.26 Å². The molecule has 0 bridgehead atoms. The standard InChI is InChI=1S/C8H8NSSe/c1-10-7-4-2-6(3-5-7)8(9)11/h2-5,9H,1H3. The average molecular weight is 229 g/mol.